The Morgan fingerprint density at radius 3 is 3.17 bits per heavy atom. The van der Waals surface area contributed by atoms with Crippen LogP contribution in [0.5, 0.6) is 0 Å². The molecule has 3 nitrogen and oxygen atoms in total. The monoisotopic (exact) mass is 217 g/mol. The van der Waals surface area contributed by atoms with E-state index in [4.69, 9.17) is 0 Å². The molecule has 0 aromatic rings. The smallest absolute Gasteiger partial charge is 0.114 e. The molecular weight excluding hydrogens is 210 g/mol. The highest BCUT2D eigenvalue weighted by Gasteiger charge is 2.10. The summed E-state index contributed by atoms with van der Waals surface area (Å²) in [5.41, 5.74) is 2.03. The average Bonchev–Trinajstić information content (AvgIpc) is 2.21. The van der Waals surface area contributed by atoms with Gasteiger partial charge in [-0.15, -0.1) is 11.8 Å². The molecule has 2 rings (SSSR count). The molecule has 0 aliphatic carbocycles. The number of nitrogens with one attached hydrogen (secondary N) is 1. The molecule has 0 aromatic heterocycles. The summed E-state index contributed by atoms with van der Waals surface area (Å²) in [5, 5.41) is 3.15. The van der Waals surface area contributed by atoms with Crippen molar-refractivity contribution in [2.45, 2.75) is 0 Å². The standard InChI is InChI=1S/C6H7N3S3/c1-5(8-11-3-7-1)6-2-10-4-12-9-6/h1-2,9H,3-4H2. The molecule has 64 valence electrons. The molecule has 0 unspecified atom stereocenters. The molecule has 2 aliphatic heterocycles. The van der Waals surface area contributed by atoms with E-state index in [0.29, 0.717) is 0 Å². The number of hydrogen-bond acceptors (Lipinski definition) is 6. The minimum Gasteiger partial charge on any atom is -0.327 e. The van der Waals surface area contributed by atoms with Crippen LogP contribution in [0.2, 0.25) is 0 Å². The molecule has 6 heteroatoms. The number of hydrogen-bond donors (Lipinski definition) is 1. The first-order chi connectivity index (χ1) is 5.97. The van der Waals surface area contributed by atoms with Crippen LogP contribution in [0.4, 0.5) is 0 Å². The van der Waals surface area contributed by atoms with E-state index in [1.165, 1.54) is 11.9 Å². The van der Waals surface area contributed by atoms with E-state index in [-0.39, 0.29) is 0 Å². The fourth-order valence-corrected chi connectivity index (χ4v) is 2.80. The molecule has 0 amide bonds. The Morgan fingerprint density at radius 1 is 1.50 bits per heavy atom. The van der Waals surface area contributed by atoms with E-state index < -0.39 is 0 Å². The first-order valence-electron chi connectivity index (χ1n) is 3.36. The highest BCUT2D eigenvalue weighted by atomic mass is 32.2. The van der Waals surface area contributed by atoms with Crippen molar-refractivity contribution in [2.75, 3.05) is 11.0 Å². The molecule has 0 bridgehead atoms. The predicted molar refractivity (Wildman–Crippen MR) is 59.7 cm³/mol. The normalized spacial score (nSPS) is 22.7. The van der Waals surface area contributed by atoms with Gasteiger partial charge >= 0.3 is 0 Å². The Morgan fingerprint density at radius 2 is 2.50 bits per heavy atom. The van der Waals surface area contributed by atoms with E-state index in [1.54, 1.807) is 23.7 Å². The lowest BCUT2D eigenvalue weighted by atomic mass is 10.3. The number of aliphatic imine (C=N–C) groups is 1. The first kappa shape index (κ1) is 8.52. The average molecular weight is 217 g/mol. The van der Waals surface area contributed by atoms with Crippen molar-refractivity contribution in [2.24, 2.45) is 9.39 Å². The summed E-state index contributed by atoms with van der Waals surface area (Å²) in [6.45, 7) is 0. The molecule has 0 aromatic carbocycles. The molecule has 12 heavy (non-hydrogen) atoms. The van der Waals surface area contributed by atoms with Gasteiger partial charge in [-0.1, -0.05) is 0 Å². The highest BCUT2D eigenvalue weighted by molar-refractivity contribution is 8.17. The Bertz CT molecular complexity index is 259. The number of nitrogens with zero attached hydrogens (tertiary/aromatic N) is 2. The van der Waals surface area contributed by atoms with Gasteiger partial charge in [0.1, 0.15) is 11.6 Å². The van der Waals surface area contributed by atoms with Crippen molar-refractivity contribution in [1.29, 1.82) is 0 Å². The minimum atomic E-state index is 0.747. The van der Waals surface area contributed by atoms with Gasteiger partial charge < -0.3 is 4.72 Å². The lowest BCUT2D eigenvalue weighted by Crippen LogP contribution is -2.18. The number of thioether (sulfide) groups is 1. The zero-order chi connectivity index (χ0) is 8.23. The molecule has 0 atom stereocenters. The maximum absolute atomic E-state index is 4.28. The molecule has 1 N–H and O–H groups in total. The van der Waals surface area contributed by atoms with Crippen molar-refractivity contribution >= 4 is 47.6 Å². The van der Waals surface area contributed by atoms with E-state index >= 15 is 0 Å². The number of rotatable bonds is 1. The predicted octanol–water partition coefficient (Wildman–Crippen LogP) is 1.90. The fourth-order valence-electron chi connectivity index (χ4n) is 0.793. The molecule has 0 spiro atoms. The van der Waals surface area contributed by atoms with Gasteiger partial charge in [0.15, 0.2) is 0 Å². The van der Waals surface area contributed by atoms with Gasteiger partial charge in [0, 0.05) is 0 Å². The maximum Gasteiger partial charge on any atom is 0.114 e. The van der Waals surface area contributed by atoms with Crippen molar-refractivity contribution in [1.82, 2.24) is 4.72 Å². The van der Waals surface area contributed by atoms with Gasteiger partial charge in [0.2, 0.25) is 0 Å². The van der Waals surface area contributed by atoms with E-state index in [9.17, 15) is 0 Å². The zero-order valence-corrected chi connectivity index (χ0v) is 8.64. The largest absolute Gasteiger partial charge is 0.327 e. The summed E-state index contributed by atoms with van der Waals surface area (Å²) in [4.78, 5) is 4.14. The summed E-state index contributed by atoms with van der Waals surface area (Å²) < 4.78 is 7.49. The Hall–Kier alpha value is -0.0700. The van der Waals surface area contributed by atoms with Crippen molar-refractivity contribution in [3.8, 4) is 0 Å². The molecular formula is C6H7N3S3. The Balaban J connectivity index is 2.12. The SMILES string of the molecule is C1=NCSN=C1C1=CSCSN1. The van der Waals surface area contributed by atoms with Crippen molar-refractivity contribution in [3.63, 3.8) is 0 Å². The second kappa shape index (κ2) is 4.25. The van der Waals surface area contributed by atoms with Crippen LogP contribution in [-0.4, -0.2) is 22.9 Å². The quantitative estimate of drug-likeness (QED) is 0.681. The summed E-state index contributed by atoms with van der Waals surface area (Å²) in [5.74, 6) is 0.747. The van der Waals surface area contributed by atoms with Crippen LogP contribution in [-0.2, 0) is 0 Å². The lowest BCUT2D eigenvalue weighted by Gasteiger charge is -2.14. The summed E-state index contributed by atoms with van der Waals surface area (Å²) in [6, 6.07) is 0. The van der Waals surface area contributed by atoms with Crippen LogP contribution in [0, 0.1) is 0 Å². The van der Waals surface area contributed by atoms with Crippen molar-refractivity contribution in [3.05, 3.63) is 11.1 Å². The third kappa shape index (κ3) is 1.99. The zero-order valence-electron chi connectivity index (χ0n) is 6.19. The molecule has 2 heterocycles. The Labute approximate surface area is 83.8 Å². The van der Waals surface area contributed by atoms with E-state index in [1.807, 2.05) is 6.21 Å². The minimum absolute atomic E-state index is 0.747. The number of allylic oxidation sites excluding steroid dienone is 1. The maximum atomic E-state index is 4.28. The van der Waals surface area contributed by atoms with Crippen LogP contribution in [0.1, 0.15) is 0 Å². The lowest BCUT2D eigenvalue weighted by molar-refractivity contribution is 1.32. The molecule has 0 saturated carbocycles. The third-order valence-corrected chi connectivity index (χ3v) is 3.67. The summed E-state index contributed by atoms with van der Waals surface area (Å²) in [7, 11) is 0. The third-order valence-electron chi connectivity index (χ3n) is 1.29. The van der Waals surface area contributed by atoms with Crippen molar-refractivity contribution < 1.29 is 0 Å². The molecule has 2 aliphatic rings. The second-order valence-electron chi connectivity index (χ2n) is 2.11. The Kier molecular flexibility index (Phi) is 3.02. The van der Waals surface area contributed by atoms with E-state index in [0.717, 1.165) is 22.4 Å². The van der Waals surface area contributed by atoms with Gasteiger partial charge in [0.05, 0.1) is 17.0 Å². The highest BCUT2D eigenvalue weighted by Crippen LogP contribution is 2.21. The topological polar surface area (TPSA) is 36.8 Å². The fraction of sp³-hybridized carbons (Fsp3) is 0.333. The first-order valence-corrected chi connectivity index (χ1v) is 6.34. The van der Waals surface area contributed by atoms with Gasteiger partial charge in [0.25, 0.3) is 0 Å². The molecule has 0 radical (unpaired) electrons. The van der Waals surface area contributed by atoms with Crippen LogP contribution in [0.25, 0.3) is 0 Å². The summed E-state index contributed by atoms with van der Waals surface area (Å²) in [6.07, 6.45) is 1.82. The van der Waals surface area contributed by atoms with Crippen LogP contribution in [0.15, 0.2) is 20.5 Å². The van der Waals surface area contributed by atoms with E-state index in [2.05, 4.69) is 19.5 Å². The van der Waals surface area contributed by atoms with Gasteiger partial charge in [-0.2, -0.15) is 0 Å². The van der Waals surface area contributed by atoms with Gasteiger partial charge in [-0.05, 0) is 29.3 Å². The van der Waals surface area contributed by atoms with Crippen LogP contribution >= 0.6 is 35.7 Å². The molecule has 0 fully saturated rings. The van der Waals surface area contributed by atoms with Gasteiger partial charge in [-0.3, -0.25) is 4.99 Å². The van der Waals surface area contributed by atoms with Crippen LogP contribution in [0.3, 0.4) is 0 Å². The summed E-state index contributed by atoms with van der Waals surface area (Å²) >= 11 is 4.96. The molecule has 0 saturated heterocycles. The van der Waals surface area contributed by atoms with Crippen LogP contribution < -0.4 is 4.72 Å². The van der Waals surface area contributed by atoms with Gasteiger partial charge in [-0.25, -0.2) is 4.40 Å². The second-order valence-corrected chi connectivity index (χ2v) is 4.81.